The van der Waals surface area contributed by atoms with Crippen LogP contribution in [0.3, 0.4) is 0 Å². The van der Waals surface area contributed by atoms with Crippen LogP contribution in [-0.2, 0) is 0 Å². The predicted molar refractivity (Wildman–Crippen MR) is 82.4 cm³/mol. The number of carbonyl (C=O) groups is 1. The zero-order valence-corrected chi connectivity index (χ0v) is 12.6. The first kappa shape index (κ1) is 15.0. The molecule has 0 radical (unpaired) electrons. The number of nitrogens with two attached hydrogens (primary N) is 1. The van der Waals surface area contributed by atoms with Gasteiger partial charge in [-0.15, -0.1) is 0 Å². The molecule has 0 spiro atoms. The summed E-state index contributed by atoms with van der Waals surface area (Å²) in [5.74, 6) is 0.329. The van der Waals surface area contributed by atoms with Crippen molar-refractivity contribution in [3.05, 3.63) is 22.7 Å². The normalized spacial score (nSPS) is 26.2. The number of nitrogen functional groups attached to an aromatic ring is 1. The summed E-state index contributed by atoms with van der Waals surface area (Å²) in [6, 6.07) is 3.30. The number of anilines is 2. The van der Waals surface area contributed by atoms with E-state index < -0.39 is 5.97 Å². The maximum absolute atomic E-state index is 11.3. The molecule has 3 atom stereocenters. The van der Waals surface area contributed by atoms with Gasteiger partial charge >= 0.3 is 5.97 Å². The van der Waals surface area contributed by atoms with Crippen LogP contribution >= 0.6 is 11.6 Å². The van der Waals surface area contributed by atoms with E-state index in [1.54, 1.807) is 6.07 Å². The molecule has 2 rings (SSSR count). The Labute approximate surface area is 124 Å². The van der Waals surface area contributed by atoms with Gasteiger partial charge < -0.3 is 16.2 Å². The van der Waals surface area contributed by atoms with E-state index in [9.17, 15) is 9.90 Å². The largest absolute Gasteiger partial charge is 0.478 e. The molecule has 1 aromatic rings. The first-order chi connectivity index (χ1) is 9.38. The van der Waals surface area contributed by atoms with Crippen molar-refractivity contribution in [1.29, 1.82) is 0 Å². The van der Waals surface area contributed by atoms with Gasteiger partial charge in [-0.1, -0.05) is 25.4 Å². The van der Waals surface area contributed by atoms with Gasteiger partial charge in [0, 0.05) is 11.7 Å². The van der Waals surface area contributed by atoms with Gasteiger partial charge in [-0.2, -0.15) is 0 Å². The van der Waals surface area contributed by atoms with Crippen LogP contribution in [0.4, 0.5) is 11.4 Å². The first-order valence-electron chi connectivity index (χ1n) is 6.97. The zero-order chi connectivity index (χ0) is 14.9. The third kappa shape index (κ3) is 3.18. The van der Waals surface area contributed by atoms with Gasteiger partial charge in [-0.25, -0.2) is 4.79 Å². The summed E-state index contributed by atoms with van der Waals surface area (Å²) in [6.45, 7) is 4.50. The van der Waals surface area contributed by atoms with Gasteiger partial charge in [0.1, 0.15) is 0 Å². The number of aromatic carboxylic acids is 1. The molecule has 5 heteroatoms. The van der Waals surface area contributed by atoms with Gasteiger partial charge in [-0.3, -0.25) is 0 Å². The summed E-state index contributed by atoms with van der Waals surface area (Å²) in [6.07, 6.45) is 3.21. The van der Waals surface area contributed by atoms with Crippen molar-refractivity contribution in [2.45, 2.75) is 39.2 Å². The minimum Gasteiger partial charge on any atom is -0.478 e. The van der Waals surface area contributed by atoms with Crippen LogP contribution in [0.1, 0.15) is 43.5 Å². The Morgan fingerprint density at radius 1 is 1.35 bits per heavy atom. The molecule has 0 amide bonds. The fraction of sp³-hybridized carbons (Fsp3) is 0.533. The highest BCUT2D eigenvalue weighted by atomic mass is 35.5. The van der Waals surface area contributed by atoms with Crippen molar-refractivity contribution >= 4 is 28.9 Å². The highest BCUT2D eigenvalue weighted by molar-refractivity contribution is 6.34. The van der Waals surface area contributed by atoms with Crippen LogP contribution in [0.2, 0.25) is 5.02 Å². The molecule has 4 nitrogen and oxygen atoms in total. The SMILES string of the molecule is CC1CCC(Nc2c(Cl)cc(N)cc2C(=O)O)CC1C. The van der Waals surface area contributed by atoms with Crippen molar-refractivity contribution in [3.8, 4) is 0 Å². The average Bonchev–Trinajstić information content (AvgIpc) is 2.36. The number of carboxylic acid groups (broad SMARTS) is 1. The Hall–Kier alpha value is -1.42. The van der Waals surface area contributed by atoms with Crippen LogP contribution in [0.15, 0.2) is 12.1 Å². The minimum atomic E-state index is -1.01. The van der Waals surface area contributed by atoms with E-state index >= 15 is 0 Å². The fourth-order valence-corrected chi connectivity index (χ4v) is 3.11. The first-order valence-corrected chi connectivity index (χ1v) is 7.35. The zero-order valence-electron chi connectivity index (χ0n) is 11.8. The summed E-state index contributed by atoms with van der Waals surface area (Å²) >= 11 is 6.16. The second-order valence-corrected chi connectivity index (χ2v) is 6.25. The third-order valence-corrected chi connectivity index (χ3v) is 4.59. The van der Waals surface area contributed by atoms with Crippen molar-refractivity contribution in [2.75, 3.05) is 11.1 Å². The molecule has 0 saturated heterocycles. The van der Waals surface area contributed by atoms with E-state index in [0.717, 1.165) is 19.3 Å². The lowest BCUT2D eigenvalue weighted by atomic mass is 9.79. The smallest absolute Gasteiger partial charge is 0.337 e. The van der Waals surface area contributed by atoms with Gasteiger partial charge in [0.2, 0.25) is 0 Å². The lowest BCUT2D eigenvalue weighted by molar-refractivity contribution is 0.0698. The number of nitrogens with one attached hydrogen (secondary N) is 1. The van der Waals surface area contributed by atoms with E-state index in [1.807, 2.05) is 0 Å². The number of hydrogen-bond acceptors (Lipinski definition) is 3. The fourth-order valence-electron chi connectivity index (χ4n) is 2.83. The monoisotopic (exact) mass is 296 g/mol. The molecule has 4 N–H and O–H groups in total. The van der Waals surface area contributed by atoms with Gasteiger partial charge in [0.15, 0.2) is 0 Å². The van der Waals surface area contributed by atoms with Gasteiger partial charge in [0.25, 0.3) is 0 Å². The summed E-state index contributed by atoms with van der Waals surface area (Å²) in [5, 5.41) is 13.0. The van der Waals surface area contributed by atoms with E-state index in [0.29, 0.717) is 28.2 Å². The highest BCUT2D eigenvalue weighted by Gasteiger charge is 2.26. The van der Waals surface area contributed by atoms with E-state index in [2.05, 4.69) is 19.2 Å². The number of halogens is 1. The maximum Gasteiger partial charge on any atom is 0.337 e. The molecule has 1 aliphatic carbocycles. The molecule has 20 heavy (non-hydrogen) atoms. The number of rotatable bonds is 3. The average molecular weight is 297 g/mol. The molecule has 1 fully saturated rings. The molecule has 0 aromatic heterocycles. The summed E-state index contributed by atoms with van der Waals surface area (Å²) in [4.78, 5) is 11.3. The second-order valence-electron chi connectivity index (χ2n) is 5.84. The molecule has 1 saturated carbocycles. The van der Waals surface area contributed by atoms with Gasteiger partial charge in [0.05, 0.1) is 16.3 Å². The van der Waals surface area contributed by atoms with Crippen LogP contribution in [0.25, 0.3) is 0 Å². The van der Waals surface area contributed by atoms with E-state index in [1.165, 1.54) is 6.07 Å². The molecule has 1 aliphatic rings. The molecular weight excluding hydrogens is 276 g/mol. The lowest BCUT2D eigenvalue weighted by Crippen LogP contribution is -2.31. The van der Waals surface area contributed by atoms with E-state index in [4.69, 9.17) is 17.3 Å². The summed E-state index contributed by atoms with van der Waals surface area (Å²) in [7, 11) is 0. The second kappa shape index (κ2) is 5.92. The molecule has 0 heterocycles. The Bertz CT molecular complexity index is 519. The summed E-state index contributed by atoms with van der Waals surface area (Å²) in [5.41, 5.74) is 6.65. The molecule has 1 aromatic carbocycles. The van der Waals surface area contributed by atoms with Crippen molar-refractivity contribution < 1.29 is 9.90 Å². The van der Waals surface area contributed by atoms with Crippen molar-refractivity contribution in [2.24, 2.45) is 11.8 Å². The predicted octanol–water partition coefficient (Wildman–Crippen LogP) is 3.86. The Morgan fingerprint density at radius 3 is 2.65 bits per heavy atom. The Morgan fingerprint density at radius 2 is 2.05 bits per heavy atom. The quantitative estimate of drug-likeness (QED) is 0.740. The Balaban J connectivity index is 2.23. The van der Waals surface area contributed by atoms with Crippen molar-refractivity contribution in [3.63, 3.8) is 0 Å². The third-order valence-electron chi connectivity index (χ3n) is 4.29. The molecule has 110 valence electrons. The lowest BCUT2D eigenvalue weighted by Gasteiger charge is -2.33. The highest BCUT2D eigenvalue weighted by Crippen LogP contribution is 2.35. The minimum absolute atomic E-state index is 0.140. The Kier molecular flexibility index (Phi) is 4.43. The number of hydrogen-bond donors (Lipinski definition) is 3. The topological polar surface area (TPSA) is 75.3 Å². The molecular formula is C15H21ClN2O2. The van der Waals surface area contributed by atoms with Gasteiger partial charge in [-0.05, 0) is 43.2 Å². The molecule has 0 aliphatic heterocycles. The van der Waals surface area contributed by atoms with Crippen LogP contribution in [0, 0.1) is 11.8 Å². The van der Waals surface area contributed by atoms with Crippen LogP contribution in [0.5, 0.6) is 0 Å². The number of carboxylic acids is 1. The molecule has 3 unspecified atom stereocenters. The molecule has 0 bridgehead atoms. The standard InChI is InChI=1S/C15H21ClN2O2/c1-8-3-4-11(5-9(8)2)18-14-12(15(19)20)6-10(17)7-13(14)16/h6-9,11,18H,3-5,17H2,1-2H3,(H,19,20). The maximum atomic E-state index is 11.3. The van der Waals surface area contributed by atoms with E-state index in [-0.39, 0.29) is 11.6 Å². The number of benzene rings is 1. The summed E-state index contributed by atoms with van der Waals surface area (Å²) < 4.78 is 0. The van der Waals surface area contributed by atoms with Crippen molar-refractivity contribution in [1.82, 2.24) is 0 Å². The van der Waals surface area contributed by atoms with Crippen LogP contribution in [-0.4, -0.2) is 17.1 Å². The van der Waals surface area contributed by atoms with Crippen LogP contribution < -0.4 is 11.1 Å².